The molecule has 1 heterocycles. The van der Waals surface area contributed by atoms with Crippen molar-refractivity contribution in [2.24, 2.45) is 0 Å². The number of rotatable bonds is 4. The Bertz CT molecular complexity index is 251. The molecule has 1 aliphatic heterocycles. The van der Waals surface area contributed by atoms with E-state index in [-0.39, 0.29) is 6.03 Å². The van der Waals surface area contributed by atoms with Crippen molar-refractivity contribution in [2.45, 2.75) is 38.1 Å². The van der Waals surface area contributed by atoms with Crippen molar-refractivity contribution < 1.29 is 4.79 Å². The minimum atomic E-state index is 0.0216. The number of nitrogens with zero attached hydrogens (tertiary/aromatic N) is 1. The van der Waals surface area contributed by atoms with Gasteiger partial charge in [0.25, 0.3) is 0 Å². The molecular formula is C13H25N3OS. The van der Waals surface area contributed by atoms with Gasteiger partial charge in [0.1, 0.15) is 0 Å². The molecule has 0 aromatic carbocycles. The number of carbonyl (C=O) groups excluding carboxylic acids is 1. The summed E-state index contributed by atoms with van der Waals surface area (Å²) >= 11 is 2.02. The van der Waals surface area contributed by atoms with Crippen LogP contribution < -0.4 is 10.6 Å². The van der Waals surface area contributed by atoms with Crippen LogP contribution >= 0.6 is 11.8 Å². The first kappa shape index (κ1) is 14.0. The molecule has 0 radical (unpaired) electrons. The molecule has 0 spiro atoms. The highest BCUT2D eigenvalue weighted by Crippen LogP contribution is 2.17. The zero-order valence-electron chi connectivity index (χ0n) is 11.1. The lowest BCUT2D eigenvalue weighted by Gasteiger charge is -2.26. The van der Waals surface area contributed by atoms with Crippen molar-refractivity contribution in [3.05, 3.63) is 0 Å². The maximum absolute atomic E-state index is 11.7. The molecule has 18 heavy (non-hydrogen) atoms. The second kappa shape index (κ2) is 7.89. The Morgan fingerprint density at radius 3 is 2.61 bits per heavy atom. The van der Waals surface area contributed by atoms with Gasteiger partial charge in [-0.3, -0.25) is 4.90 Å². The van der Waals surface area contributed by atoms with E-state index in [1.807, 2.05) is 11.8 Å². The summed E-state index contributed by atoms with van der Waals surface area (Å²) in [5.41, 5.74) is 0. The molecule has 0 aromatic rings. The molecule has 2 N–H and O–H groups in total. The third-order valence-corrected chi connectivity index (χ3v) is 4.70. The molecule has 5 heteroatoms. The van der Waals surface area contributed by atoms with Gasteiger partial charge in [0.2, 0.25) is 0 Å². The Balaban J connectivity index is 1.53. The van der Waals surface area contributed by atoms with Crippen molar-refractivity contribution in [1.29, 1.82) is 0 Å². The van der Waals surface area contributed by atoms with Crippen LogP contribution in [0.1, 0.15) is 32.1 Å². The van der Waals surface area contributed by atoms with E-state index >= 15 is 0 Å². The fourth-order valence-electron chi connectivity index (χ4n) is 2.64. The summed E-state index contributed by atoms with van der Waals surface area (Å²) < 4.78 is 0. The summed E-state index contributed by atoms with van der Waals surface area (Å²) in [6.07, 6.45) is 6.15. The Hall–Kier alpha value is -0.420. The van der Waals surface area contributed by atoms with Crippen LogP contribution in [0.4, 0.5) is 4.79 Å². The van der Waals surface area contributed by atoms with E-state index in [0.29, 0.717) is 6.04 Å². The van der Waals surface area contributed by atoms with Crippen LogP contribution in [0.15, 0.2) is 0 Å². The molecule has 1 saturated carbocycles. The first-order valence-electron chi connectivity index (χ1n) is 7.19. The maximum atomic E-state index is 11.7. The molecule has 2 fully saturated rings. The minimum Gasteiger partial charge on any atom is -0.337 e. The topological polar surface area (TPSA) is 44.4 Å². The standard InChI is InChI=1S/C13H25N3OS/c17-13(15-12-4-2-1-3-5-12)14-6-7-16-8-10-18-11-9-16/h12H,1-11H2,(H2,14,15,17). The predicted molar refractivity (Wildman–Crippen MR) is 77.2 cm³/mol. The van der Waals surface area contributed by atoms with E-state index in [1.54, 1.807) is 0 Å². The molecule has 2 aliphatic rings. The highest BCUT2D eigenvalue weighted by molar-refractivity contribution is 7.99. The maximum Gasteiger partial charge on any atom is 0.315 e. The predicted octanol–water partition coefficient (Wildman–Crippen LogP) is 1.67. The van der Waals surface area contributed by atoms with Crippen molar-refractivity contribution in [1.82, 2.24) is 15.5 Å². The number of hydrogen-bond donors (Lipinski definition) is 2. The van der Waals surface area contributed by atoms with Gasteiger partial charge in [-0.1, -0.05) is 19.3 Å². The van der Waals surface area contributed by atoms with Crippen LogP contribution in [0.3, 0.4) is 0 Å². The lowest BCUT2D eigenvalue weighted by atomic mass is 9.96. The van der Waals surface area contributed by atoms with Gasteiger partial charge in [-0.2, -0.15) is 11.8 Å². The zero-order chi connectivity index (χ0) is 12.6. The quantitative estimate of drug-likeness (QED) is 0.817. The van der Waals surface area contributed by atoms with E-state index < -0.39 is 0 Å². The molecule has 0 aromatic heterocycles. The van der Waals surface area contributed by atoms with Crippen LogP contribution in [0.2, 0.25) is 0 Å². The third kappa shape index (κ3) is 5.06. The van der Waals surface area contributed by atoms with Gasteiger partial charge in [0.15, 0.2) is 0 Å². The van der Waals surface area contributed by atoms with Gasteiger partial charge in [-0.05, 0) is 12.8 Å². The number of nitrogens with one attached hydrogen (secondary N) is 2. The Morgan fingerprint density at radius 1 is 1.17 bits per heavy atom. The van der Waals surface area contributed by atoms with Crippen LogP contribution in [0, 0.1) is 0 Å². The van der Waals surface area contributed by atoms with Crippen molar-refractivity contribution in [3.8, 4) is 0 Å². The molecule has 1 aliphatic carbocycles. The first-order chi connectivity index (χ1) is 8.84. The Morgan fingerprint density at radius 2 is 1.89 bits per heavy atom. The van der Waals surface area contributed by atoms with Gasteiger partial charge in [-0.25, -0.2) is 4.79 Å². The van der Waals surface area contributed by atoms with Crippen molar-refractivity contribution in [3.63, 3.8) is 0 Å². The molecule has 0 atom stereocenters. The van der Waals surface area contributed by atoms with Crippen molar-refractivity contribution in [2.75, 3.05) is 37.7 Å². The first-order valence-corrected chi connectivity index (χ1v) is 8.34. The summed E-state index contributed by atoms with van der Waals surface area (Å²) in [5.74, 6) is 2.46. The van der Waals surface area contributed by atoms with E-state index in [1.165, 1.54) is 30.8 Å². The van der Waals surface area contributed by atoms with E-state index in [9.17, 15) is 4.79 Å². The summed E-state index contributed by atoms with van der Waals surface area (Å²) in [4.78, 5) is 14.1. The number of hydrogen-bond acceptors (Lipinski definition) is 3. The molecule has 4 nitrogen and oxygen atoms in total. The molecular weight excluding hydrogens is 246 g/mol. The van der Waals surface area contributed by atoms with Gasteiger partial charge in [-0.15, -0.1) is 0 Å². The number of thioether (sulfide) groups is 1. The van der Waals surface area contributed by atoms with Crippen LogP contribution in [-0.2, 0) is 0 Å². The lowest BCUT2D eigenvalue weighted by Crippen LogP contribution is -2.46. The number of urea groups is 1. The Labute approximate surface area is 114 Å². The fourth-order valence-corrected chi connectivity index (χ4v) is 3.61. The average Bonchev–Trinajstić information content (AvgIpc) is 2.41. The molecule has 0 unspecified atom stereocenters. The van der Waals surface area contributed by atoms with Crippen LogP contribution in [0.5, 0.6) is 0 Å². The van der Waals surface area contributed by atoms with Crippen LogP contribution in [-0.4, -0.2) is 54.7 Å². The van der Waals surface area contributed by atoms with E-state index in [0.717, 1.165) is 39.0 Å². The molecule has 1 saturated heterocycles. The van der Waals surface area contributed by atoms with Gasteiger partial charge >= 0.3 is 6.03 Å². The van der Waals surface area contributed by atoms with E-state index in [2.05, 4.69) is 15.5 Å². The molecule has 2 rings (SSSR count). The molecule has 0 bridgehead atoms. The summed E-state index contributed by atoms with van der Waals surface area (Å²) in [7, 11) is 0. The van der Waals surface area contributed by atoms with E-state index in [4.69, 9.17) is 0 Å². The van der Waals surface area contributed by atoms with Gasteiger partial charge < -0.3 is 10.6 Å². The average molecular weight is 271 g/mol. The minimum absolute atomic E-state index is 0.0216. The van der Waals surface area contributed by atoms with Crippen LogP contribution in [0.25, 0.3) is 0 Å². The second-order valence-electron chi connectivity index (χ2n) is 5.19. The van der Waals surface area contributed by atoms with Gasteiger partial charge in [0.05, 0.1) is 0 Å². The number of amides is 2. The second-order valence-corrected chi connectivity index (χ2v) is 6.41. The largest absolute Gasteiger partial charge is 0.337 e. The SMILES string of the molecule is O=C(NCCN1CCSCC1)NC1CCCCC1. The monoisotopic (exact) mass is 271 g/mol. The Kier molecular flexibility index (Phi) is 6.14. The summed E-state index contributed by atoms with van der Waals surface area (Å²) in [6.45, 7) is 4.08. The highest BCUT2D eigenvalue weighted by Gasteiger charge is 2.15. The molecule has 104 valence electrons. The number of carbonyl (C=O) groups is 1. The zero-order valence-corrected chi connectivity index (χ0v) is 11.9. The third-order valence-electron chi connectivity index (χ3n) is 3.76. The lowest BCUT2D eigenvalue weighted by molar-refractivity contribution is 0.229. The summed E-state index contributed by atoms with van der Waals surface area (Å²) in [6, 6.07) is 0.429. The normalized spacial score (nSPS) is 22.7. The highest BCUT2D eigenvalue weighted by atomic mass is 32.2. The molecule has 2 amide bonds. The summed E-state index contributed by atoms with van der Waals surface area (Å²) in [5, 5.41) is 6.06. The fraction of sp³-hybridized carbons (Fsp3) is 0.923. The smallest absolute Gasteiger partial charge is 0.315 e. The van der Waals surface area contributed by atoms with Crippen molar-refractivity contribution >= 4 is 17.8 Å². The van der Waals surface area contributed by atoms with Gasteiger partial charge in [0, 0.05) is 43.7 Å².